The summed E-state index contributed by atoms with van der Waals surface area (Å²) in [6.45, 7) is 6.45. The molecule has 8 nitrogen and oxygen atoms in total. The van der Waals surface area contributed by atoms with Crippen LogP contribution in [0, 0.1) is 0 Å². The third-order valence-corrected chi connectivity index (χ3v) is 3.39. The number of nitrogens with two attached hydrogens (primary N) is 1. The largest absolute Gasteiger partial charge is 0.444 e. The summed E-state index contributed by atoms with van der Waals surface area (Å²) in [5.41, 5.74) is 4.92. The molecule has 1 saturated heterocycles. The van der Waals surface area contributed by atoms with Crippen LogP contribution < -0.4 is 11.1 Å². The number of likely N-dealkylation sites (tertiary alicyclic amines) is 1. The molecular weight excluding hydrogens is 322 g/mol. The molecule has 1 aromatic rings. The maximum Gasteiger partial charge on any atom is 0.410 e. The van der Waals surface area contributed by atoms with Crippen molar-refractivity contribution in [3.8, 4) is 0 Å². The van der Waals surface area contributed by atoms with Gasteiger partial charge in [-0.1, -0.05) is 0 Å². The number of primary amides is 1. The van der Waals surface area contributed by atoms with Gasteiger partial charge in [-0.15, -0.1) is 0 Å². The molecule has 1 atom stereocenters. The van der Waals surface area contributed by atoms with Crippen molar-refractivity contribution < 1.29 is 14.3 Å². The van der Waals surface area contributed by atoms with Crippen molar-refractivity contribution in [2.75, 3.05) is 18.4 Å². The van der Waals surface area contributed by atoms with Gasteiger partial charge in [0.25, 0.3) is 5.91 Å². The molecule has 3 N–H and O–H groups in total. The van der Waals surface area contributed by atoms with Crippen LogP contribution in [0.5, 0.6) is 0 Å². The first kappa shape index (κ1) is 17.3. The second kappa shape index (κ2) is 6.57. The number of nitrogens with one attached hydrogen (secondary N) is 1. The number of halogens is 1. The van der Waals surface area contributed by atoms with Gasteiger partial charge >= 0.3 is 6.09 Å². The smallest absolute Gasteiger partial charge is 0.410 e. The third kappa shape index (κ3) is 4.69. The highest BCUT2D eigenvalue weighted by molar-refractivity contribution is 6.28. The molecule has 9 heteroatoms. The standard InChI is InChI=1S/C14H20ClN5O3/c1-14(2,3)23-13(22)20-5-4-8(7-20)18-11-9(10(16)21)6-17-12(15)19-11/h6,8H,4-5,7H2,1-3H3,(H2,16,21)(H,17,18,19)/t8-/m1/s1. The van der Waals surface area contributed by atoms with Gasteiger partial charge in [0.1, 0.15) is 11.4 Å². The minimum atomic E-state index is -0.647. The normalized spacial score (nSPS) is 17.9. The molecule has 0 saturated carbocycles. The zero-order valence-electron chi connectivity index (χ0n) is 13.3. The molecule has 23 heavy (non-hydrogen) atoms. The lowest BCUT2D eigenvalue weighted by Gasteiger charge is -2.24. The van der Waals surface area contributed by atoms with Crippen LogP contribution in [-0.2, 0) is 4.74 Å². The molecule has 126 valence electrons. The summed E-state index contributed by atoms with van der Waals surface area (Å²) in [6.07, 6.45) is 1.61. The Hall–Kier alpha value is -2.09. The van der Waals surface area contributed by atoms with Gasteiger partial charge < -0.3 is 20.7 Å². The predicted octanol–water partition coefficient (Wildman–Crippen LogP) is 1.65. The molecule has 2 amide bonds. The third-order valence-electron chi connectivity index (χ3n) is 3.21. The van der Waals surface area contributed by atoms with Gasteiger partial charge in [0, 0.05) is 25.3 Å². The lowest BCUT2D eigenvalue weighted by atomic mass is 10.2. The average Bonchev–Trinajstić information content (AvgIpc) is 2.85. The van der Waals surface area contributed by atoms with Crippen molar-refractivity contribution >= 4 is 29.4 Å². The Balaban J connectivity index is 2.02. The van der Waals surface area contributed by atoms with E-state index < -0.39 is 11.5 Å². The summed E-state index contributed by atoms with van der Waals surface area (Å²) in [5, 5.41) is 3.11. The Morgan fingerprint density at radius 2 is 2.17 bits per heavy atom. The molecule has 1 fully saturated rings. The Kier molecular flexibility index (Phi) is 4.93. The van der Waals surface area contributed by atoms with E-state index in [1.54, 1.807) is 4.90 Å². The van der Waals surface area contributed by atoms with Crippen LogP contribution in [0.1, 0.15) is 37.6 Å². The molecule has 0 aliphatic carbocycles. The minimum Gasteiger partial charge on any atom is -0.444 e. The van der Waals surface area contributed by atoms with E-state index in [0.717, 1.165) is 0 Å². The summed E-state index contributed by atoms with van der Waals surface area (Å²) in [6, 6.07) is -0.0772. The maximum absolute atomic E-state index is 12.0. The molecule has 0 bridgehead atoms. The first-order chi connectivity index (χ1) is 10.7. The van der Waals surface area contributed by atoms with Crippen LogP contribution >= 0.6 is 11.6 Å². The number of carbonyl (C=O) groups is 2. The zero-order chi connectivity index (χ0) is 17.2. The Morgan fingerprint density at radius 3 is 2.78 bits per heavy atom. The van der Waals surface area contributed by atoms with Crippen LogP contribution in [-0.4, -0.2) is 51.6 Å². The van der Waals surface area contributed by atoms with E-state index in [4.69, 9.17) is 22.1 Å². The van der Waals surface area contributed by atoms with E-state index in [9.17, 15) is 9.59 Å². The van der Waals surface area contributed by atoms with Crippen molar-refractivity contribution in [2.24, 2.45) is 5.73 Å². The number of hydrogen-bond acceptors (Lipinski definition) is 6. The first-order valence-corrected chi connectivity index (χ1v) is 7.60. The molecule has 2 heterocycles. The van der Waals surface area contributed by atoms with Crippen molar-refractivity contribution in [1.29, 1.82) is 0 Å². The van der Waals surface area contributed by atoms with Crippen molar-refractivity contribution in [3.05, 3.63) is 17.0 Å². The van der Waals surface area contributed by atoms with E-state index in [2.05, 4.69) is 15.3 Å². The number of hydrogen-bond donors (Lipinski definition) is 2. The Morgan fingerprint density at radius 1 is 1.48 bits per heavy atom. The van der Waals surface area contributed by atoms with Crippen LogP contribution in [0.25, 0.3) is 0 Å². The highest BCUT2D eigenvalue weighted by Crippen LogP contribution is 2.20. The van der Waals surface area contributed by atoms with Gasteiger partial charge in [-0.3, -0.25) is 4.79 Å². The zero-order valence-corrected chi connectivity index (χ0v) is 14.1. The monoisotopic (exact) mass is 341 g/mol. The topological polar surface area (TPSA) is 110 Å². The second-order valence-corrected chi connectivity index (χ2v) is 6.66. The summed E-state index contributed by atoms with van der Waals surface area (Å²) in [5.74, 6) is -0.375. The number of carbonyl (C=O) groups excluding carboxylic acids is 2. The molecule has 0 unspecified atom stereocenters. The lowest BCUT2D eigenvalue weighted by molar-refractivity contribution is 0.0293. The number of aromatic nitrogens is 2. The van der Waals surface area contributed by atoms with Crippen LogP contribution in [0.3, 0.4) is 0 Å². The van der Waals surface area contributed by atoms with E-state index >= 15 is 0 Å². The van der Waals surface area contributed by atoms with Gasteiger partial charge in [-0.05, 0) is 38.8 Å². The van der Waals surface area contributed by atoms with Gasteiger partial charge in [-0.2, -0.15) is 4.98 Å². The first-order valence-electron chi connectivity index (χ1n) is 7.22. The van der Waals surface area contributed by atoms with Gasteiger partial charge in [-0.25, -0.2) is 9.78 Å². The molecule has 1 aromatic heterocycles. The van der Waals surface area contributed by atoms with Crippen LogP contribution in [0.2, 0.25) is 5.28 Å². The lowest BCUT2D eigenvalue weighted by Crippen LogP contribution is -2.36. The van der Waals surface area contributed by atoms with E-state index in [-0.39, 0.29) is 28.8 Å². The highest BCUT2D eigenvalue weighted by atomic mass is 35.5. The SMILES string of the molecule is CC(C)(C)OC(=O)N1CC[C@@H](Nc2nc(Cl)ncc2C(N)=O)C1. The second-order valence-electron chi connectivity index (χ2n) is 6.32. The molecule has 0 spiro atoms. The Bertz CT molecular complexity index is 617. The van der Waals surface area contributed by atoms with E-state index in [0.29, 0.717) is 19.5 Å². The van der Waals surface area contributed by atoms with Gasteiger partial charge in [0.2, 0.25) is 5.28 Å². The predicted molar refractivity (Wildman–Crippen MR) is 85.4 cm³/mol. The fourth-order valence-corrected chi connectivity index (χ4v) is 2.35. The number of rotatable bonds is 3. The van der Waals surface area contributed by atoms with Crippen molar-refractivity contribution in [2.45, 2.75) is 38.8 Å². The van der Waals surface area contributed by atoms with Crippen molar-refractivity contribution in [1.82, 2.24) is 14.9 Å². The summed E-state index contributed by atoms with van der Waals surface area (Å²) < 4.78 is 5.34. The molecular formula is C14H20ClN5O3. The quantitative estimate of drug-likeness (QED) is 0.809. The number of nitrogens with zero attached hydrogens (tertiary/aromatic N) is 3. The summed E-state index contributed by atoms with van der Waals surface area (Å²) in [4.78, 5) is 32.8. The fourth-order valence-electron chi connectivity index (χ4n) is 2.21. The van der Waals surface area contributed by atoms with Crippen molar-refractivity contribution in [3.63, 3.8) is 0 Å². The van der Waals surface area contributed by atoms with Gasteiger partial charge in [0.05, 0.1) is 5.56 Å². The molecule has 0 aromatic carbocycles. The van der Waals surface area contributed by atoms with Crippen LogP contribution in [0.15, 0.2) is 6.20 Å². The number of ether oxygens (including phenoxy) is 1. The minimum absolute atomic E-state index is 0.0134. The number of anilines is 1. The maximum atomic E-state index is 12.0. The summed E-state index contributed by atoms with van der Waals surface area (Å²) in [7, 11) is 0. The van der Waals surface area contributed by atoms with Gasteiger partial charge in [0.15, 0.2) is 0 Å². The molecule has 1 aliphatic heterocycles. The van der Waals surface area contributed by atoms with Crippen LogP contribution in [0.4, 0.5) is 10.6 Å². The van der Waals surface area contributed by atoms with E-state index in [1.165, 1.54) is 6.20 Å². The van der Waals surface area contributed by atoms with E-state index in [1.807, 2.05) is 20.8 Å². The Labute approximate surface area is 139 Å². The number of amides is 2. The molecule has 2 rings (SSSR count). The molecule has 1 aliphatic rings. The highest BCUT2D eigenvalue weighted by Gasteiger charge is 2.30. The summed E-state index contributed by atoms with van der Waals surface area (Å²) >= 11 is 5.76. The molecule has 0 radical (unpaired) electrons. The average molecular weight is 342 g/mol. The fraction of sp³-hybridized carbons (Fsp3) is 0.571.